The van der Waals surface area contributed by atoms with Crippen molar-refractivity contribution in [2.24, 2.45) is 11.3 Å². The lowest BCUT2D eigenvalue weighted by atomic mass is 9.63. The van der Waals surface area contributed by atoms with Gasteiger partial charge in [0.1, 0.15) is 17.6 Å². The summed E-state index contributed by atoms with van der Waals surface area (Å²) in [6.07, 6.45) is 4.26. The van der Waals surface area contributed by atoms with E-state index < -0.39 is 41.0 Å². The number of nitrogens with zero attached hydrogens (tertiary/aromatic N) is 1. The summed E-state index contributed by atoms with van der Waals surface area (Å²) in [7, 11) is 1.47. The minimum Gasteiger partial charge on any atom is -0.495 e. The molecule has 67 heavy (non-hydrogen) atoms. The molecule has 9 rings (SSSR count). The number of piperidine rings is 1. The average Bonchev–Trinajstić information content (AvgIpc) is 3.94. The van der Waals surface area contributed by atoms with Crippen LogP contribution in [0.1, 0.15) is 115 Å². The first-order valence-electron chi connectivity index (χ1n) is 22.9. The van der Waals surface area contributed by atoms with Crippen LogP contribution in [0.4, 0.5) is 15.8 Å². The van der Waals surface area contributed by atoms with Gasteiger partial charge in [-0.2, -0.15) is 0 Å². The van der Waals surface area contributed by atoms with Gasteiger partial charge in [-0.05, 0) is 103 Å². The van der Waals surface area contributed by atoms with Crippen LogP contribution < -0.4 is 31.3 Å². The van der Waals surface area contributed by atoms with E-state index in [9.17, 15) is 24.0 Å². The van der Waals surface area contributed by atoms with E-state index in [2.05, 4.69) is 59.2 Å². The van der Waals surface area contributed by atoms with Gasteiger partial charge in [0.15, 0.2) is 0 Å². The van der Waals surface area contributed by atoms with E-state index in [1.54, 1.807) is 42.5 Å². The number of ether oxygens (including phenoxy) is 1. The molecule has 12 nitrogen and oxygen atoms in total. The maximum absolute atomic E-state index is 16.3. The number of methoxy groups -OCH3 is 1. The summed E-state index contributed by atoms with van der Waals surface area (Å²) < 4.78 is 22.1. The molecule has 3 fully saturated rings. The van der Waals surface area contributed by atoms with Crippen LogP contribution in [0.3, 0.4) is 0 Å². The Morgan fingerprint density at radius 1 is 1.00 bits per heavy atom. The molecule has 0 radical (unpaired) electrons. The number of halogens is 3. The van der Waals surface area contributed by atoms with E-state index in [0.717, 1.165) is 41.6 Å². The number of carbonyl (C=O) groups is 5. The number of imide groups is 1. The highest BCUT2D eigenvalue weighted by Crippen LogP contribution is 2.57. The van der Waals surface area contributed by atoms with Crippen molar-refractivity contribution in [2.45, 2.75) is 108 Å². The summed E-state index contributed by atoms with van der Waals surface area (Å²) >= 11 is 12.9. The minimum atomic E-state index is -0.906. The molecule has 1 aliphatic carbocycles. The fraction of sp³-hybridized carbons (Fsp3) is 0.404. The molecule has 4 heterocycles. The second kappa shape index (κ2) is 18.3. The number of nitrogens with one attached hydrogen (secondary N) is 5. The summed E-state index contributed by atoms with van der Waals surface area (Å²) in [6, 6.07) is 18.9. The van der Waals surface area contributed by atoms with Crippen LogP contribution in [0.2, 0.25) is 10.0 Å². The number of anilines is 2. The zero-order valence-corrected chi connectivity index (χ0v) is 39.3. The molecule has 348 valence electrons. The van der Waals surface area contributed by atoms with E-state index in [1.807, 2.05) is 24.3 Å². The van der Waals surface area contributed by atoms with Gasteiger partial charge in [0.05, 0.1) is 23.9 Å². The summed E-state index contributed by atoms with van der Waals surface area (Å²) in [5.41, 5.74) is 3.88. The number of hydrogen-bond acceptors (Lipinski definition) is 8. The van der Waals surface area contributed by atoms with Crippen molar-refractivity contribution in [3.8, 4) is 17.6 Å². The van der Waals surface area contributed by atoms with E-state index in [4.69, 9.17) is 27.9 Å². The highest BCUT2D eigenvalue weighted by molar-refractivity contribution is 6.31. The van der Waals surface area contributed by atoms with E-state index in [1.165, 1.54) is 18.1 Å². The third-order valence-electron chi connectivity index (χ3n) is 14.1. The first kappa shape index (κ1) is 46.2. The molecular formula is C52H53Cl2FN6O6. The van der Waals surface area contributed by atoms with Crippen molar-refractivity contribution in [2.75, 3.05) is 24.3 Å². The fourth-order valence-corrected chi connectivity index (χ4v) is 11.4. The maximum Gasteiger partial charge on any atom is 0.255 e. The molecule has 4 aromatic carbocycles. The normalized spacial score (nSPS) is 25.4. The van der Waals surface area contributed by atoms with Crippen molar-refractivity contribution in [3.05, 3.63) is 122 Å². The van der Waals surface area contributed by atoms with Gasteiger partial charge in [0.2, 0.25) is 17.7 Å². The monoisotopic (exact) mass is 946 g/mol. The van der Waals surface area contributed by atoms with Crippen molar-refractivity contribution >= 4 is 64.1 Å². The molecule has 1 saturated carbocycles. The van der Waals surface area contributed by atoms with Crippen LogP contribution in [-0.4, -0.2) is 72.3 Å². The number of carbonyl (C=O) groups excluding carboxylic acids is 5. The van der Waals surface area contributed by atoms with Crippen LogP contribution in [0.15, 0.2) is 72.8 Å². The smallest absolute Gasteiger partial charge is 0.255 e. The van der Waals surface area contributed by atoms with E-state index in [-0.39, 0.29) is 71.3 Å². The van der Waals surface area contributed by atoms with E-state index in [0.29, 0.717) is 46.8 Å². The highest BCUT2D eigenvalue weighted by atomic mass is 35.5. The molecule has 2 saturated heterocycles. The van der Waals surface area contributed by atoms with Crippen molar-refractivity contribution < 1.29 is 33.1 Å². The second-order valence-corrected chi connectivity index (χ2v) is 20.4. The van der Waals surface area contributed by atoms with Gasteiger partial charge < -0.3 is 30.9 Å². The molecular weight excluding hydrogens is 895 g/mol. The Labute approximate surface area is 399 Å². The van der Waals surface area contributed by atoms with Crippen LogP contribution in [0.5, 0.6) is 5.75 Å². The predicted molar refractivity (Wildman–Crippen MR) is 255 cm³/mol. The zero-order chi connectivity index (χ0) is 47.4. The van der Waals surface area contributed by atoms with Crippen molar-refractivity contribution in [1.29, 1.82) is 0 Å². The third kappa shape index (κ3) is 8.87. The molecule has 4 aromatic rings. The van der Waals surface area contributed by atoms with Gasteiger partial charge in [-0.25, -0.2) is 4.39 Å². The zero-order valence-electron chi connectivity index (χ0n) is 37.8. The summed E-state index contributed by atoms with van der Waals surface area (Å²) in [5, 5.41) is 16.3. The van der Waals surface area contributed by atoms with Gasteiger partial charge in [-0.3, -0.25) is 29.3 Å². The molecule has 0 bridgehead atoms. The summed E-state index contributed by atoms with van der Waals surface area (Å²) in [6.45, 7) is 7.10. The maximum atomic E-state index is 16.3. The second-order valence-electron chi connectivity index (χ2n) is 19.6. The lowest BCUT2D eigenvalue weighted by molar-refractivity contribution is -0.137. The van der Waals surface area contributed by atoms with Crippen LogP contribution in [0, 0.1) is 29.0 Å². The molecule has 1 spiro atoms. The van der Waals surface area contributed by atoms with Gasteiger partial charge >= 0.3 is 0 Å². The molecule has 5 amide bonds. The van der Waals surface area contributed by atoms with Crippen molar-refractivity contribution in [1.82, 2.24) is 20.9 Å². The van der Waals surface area contributed by atoms with Gasteiger partial charge in [-0.15, -0.1) is 0 Å². The molecule has 4 aliphatic heterocycles. The van der Waals surface area contributed by atoms with Crippen LogP contribution in [-0.2, 0) is 26.3 Å². The molecule has 5 N–H and O–H groups in total. The van der Waals surface area contributed by atoms with Gasteiger partial charge in [0.25, 0.3) is 11.8 Å². The average molecular weight is 948 g/mol. The number of rotatable bonds is 8. The summed E-state index contributed by atoms with van der Waals surface area (Å²) in [5.74, 6) is 3.98. The first-order chi connectivity index (χ1) is 32.0. The molecule has 7 atom stereocenters. The molecule has 5 aliphatic rings. The Bertz CT molecular complexity index is 2770. The van der Waals surface area contributed by atoms with Crippen molar-refractivity contribution in [3.63, 3.8) is 0 Å². The van der Waals surface area contributed by atoms with Gasteiger partial charge in [0, 0.05) is 76.2 Å². The number of fused-ring (bicyclic) bond motifs is 3. The largest absolute Gasteiger partial charge is 0.495 e. The van der Waals surface area contributed by atoms with Gasteiger partial charge in [-0.1, -0.05) is 86.5 Å². The predicted octanol–water partition coefficient (Wildman–Crippen LogP) is 8.10. The fourth-order valence-electron chi connectivity index (χ4n) is 11.0. The summed E-state index contributed by atoms with van der Waals surface area (Å²) in [4.78, 5) is 67.7. The number of hydrogen-bond donors (Lipinski definition) is 5. The standard InChI is InChI=1S/C52H53Cl2FN6O6/c1-51(2,3)25-42-52(27-56-39-24-31(53)17-18-36(39)52)44(34-12-7-13-37(54)45(34)55)46(59-42)49(65)58-38-19-16-30(23-41(38)67-4)47(63)57-32-10-5-8-28(22-32)14-15-29-9-6-11-33-35(29)26-61(50(33)66)40-20-21-43(62)60-48(40)64/h6-7,9,11-13,16-19,23-24,28,32,40,42,44,46,56,59H,5,8,10,20-22,25-27H2,1-4H3,(H,57,63)(H,58,65)(H,60,62,64)/t28-,32+,40?,42+,44+,46-,52+/m1/s1. The third-order valence-corrected chi connectivity index (χ3v) is 14.6. The van der Waals surface area contributed by atoms with Crippen LogP contribution in [0.25, 0.3) is 0 Å². The molecule has 15 heteroatoms. The Hall–Kier alpha value is -5.94. The lowest BCUT2D eigenvalue weighted by Gasteiger charge is -2.39. The number of benzene rings is 4. The van der Waals surface area contributed by atoms with E-state index >= 15 is 4.39 Å². The van der Waals surface area contributed by atoms with Crippen LogP contribution >= 0.6 is 23.2 Å². The Morgan fingerprint density at radius 3 is 2.58 bits per heavy atom. The highest BCUT2D eigenvalue weighted by Gasteiger charge is 2.61. The quantitative estimate of drug-likeness (QED) is 0.0877. The molecule has 0 aromatic heterocycles. The lowest BCUT2D eigenvalue weighted by Crippen LogP contribution is -2.52. The Balaban J connectivity index is 0.907. The topological polar surface area (TPSA) is 158 Å². The molecule has 1 unspecified atom stereocenters. The Morgan fingerprint density at radius 2 is 1.81 bits per heavy atom. The number of amides is 5. The minimum absolute atomic E-state index is 0.00721. The first-order valence-corrected chi connectivity index (χ1v) is 23.6. The Kier molecular flexibility index (Phi) is 12.6. The SMILES string of the molecule is COc1cc(C(=O)N[C@H]2CCC[C@H](C#Cc3cccc4c3CN(C3CCC(=O)NC3=O)C4=O)C2)ccc1NC(=O)[C@@H]1N[C@@H](CC(C)(C)C)[C@@]2(CNc3cc(Cl)ccc32)[C@H]1c1cccc(Cl)c1F.